The Bertz CT molecular complexity index is 718. The van der Waals surface area contributed by atoms with Gasteiger partial charge in [0.05, 0.1) is 0 Å². The minimum Gasteiger partial charge on any atom is -0.345 e. The average molecular weight is 301 g/mol. The van der Waals surface area contributed by atoms with Crippen molar-refractivity contribution in [3.05, 3.63) is 103 Å². The minimum atomic E-state index is 0.967. The Labute approximate surface area is 139 Å². The van der Waals surface area contributed by atoms with E-state index in [2.05, 4.69) is 61.5 Å². The van der Waals surface area contributed by atoms with Gasteiger partial charge in [0.2, 0.25) is 0 Å². The second-order valence-electron chi connectivity index (χ2n) is 5.37. The van der Waals surface area contributed by atoms with Gasteiger partial charge >= 0.3 is 0 Å². The van der Waals surface area contributed by atoms with Gasteiger partial charge in [0.15, 0.2) is 0 Å². The molecule has 0 aliphatic carbocycles. The van der Waals surface area contributed by atoms with Crippen LogP contribution in [0.1, 0.15) is 12.5 Å². The first-order valence-corrected chi connectivity index (χ1v) is 7.69. The van der Waals surface area contributed by atoms with E-state index in [4.69, 9.17) is 0 Å². The molecular formula is C22H23N. The van der Waals surface area contributed by atoms with Crippen molar-refractivity contribution in [2.75, 3.05) is 11.9 Å². The maximum Gasteiger partial charge on any atom is 0.0408 e. The number of hydrogen-bond donors (Lipinski definition) is 0. The lowest BCUT2D eigenvalue weighted by Crippen LogP contribution is -2.08. The predicted octanol–water partition coefficient (Wildman–Crippen LogP) is 6.16. The van der Waals surface area contributed by atoms with Crippen LogP contribution in [0.15, 0.2) is 97.6 Å². The molecule has 0 spiro atoms. The van der Waals surface area contributed by atoms with Gasteiger partial charge < -0.3 is 4.90 Å². The van der Waals surface area contributed by atoms with Gasteiger partial charge in [0.1, 0.15) is 0 Å². The van der Waals surface area contributed by atoms with Gasteiger partial charge in [0.25, 0.3) is 0 Å². The van der Waals surface area contributed by atoms with E-state index in [0.29, 0.717) is 0 Å². The van der Waals surface area contributed by atoms with Crippen molar-refractivity contribution in [3.63, 3.8) is 0 Å². The summed E-state index contributed by atoms with van der Waals surface area (Å²) in [5, 5.41) is 0. The summed E-state index contributed by atoms with van der Waals surface area (Å²) >= 11 is 0. The predicted molar refractivity (Wildman–Crippen MR) is 103 cm³/mol. The number of allylic oxidation sites excluding steroid dienone is 6. The number of hydrogen-bond acceptors (Lipinski definition) is 1. The lowest BCUT2D eigenvalue weighted by molar-refractivity contribution is 1.21. The molecule has 0 aliphatic rings. The van der Waals surface area contributed by atoms with Gasteiger partial charge in [0, 0.05) is 18.4 Å². The van der Waals surface area contributed by atoms with Crippen LogP contribution in [0.5, 0.6) is 0 Å². The summed E-state index contributed by atoms with van der Waals surface area (Å²) in [6.45, 7) is 10.1. The van der Waals surface area contributed by atoms with E-state index in [1.807, 2.05) is 49.4 Å². The molecular weight excluding hydrogens is 278 g/mol. The van der Waals surface area contributed by atoms with Crippen molar-refractivity contribution in [1.82, 2.24) is 0 Å². The third kappa shape index (κ3) is 4.58. The molecule has 0 atom stereocenters. The van der Waals surface area contributed by atoms with E-state index in [1.54, 1.807) is 0 Å². The van der Waals surface area contributed by atoms with Gasteiger partial charge in [-0.25, -0.2) is 0 Å². The summed E-state index contributed by atoms with van der Waals surface area (Å²) in [5.41, 5.74) is 5.37. The minimum absolute atomic E-state index is 0.967. The Hall–Kier alpha value is -2.80. The molecule has 0 saturated carbocycles. The van der Waals surface area contributed by atoms with E-state index in [9.17, 15) is 0 Å². The largest absolute Gasteiger partial charge is 0.345 e. The van der Waals surface area contributed by atoms with Crippen LogP contribution in [0.2, 0.25) is 0 Å². The normalized spacial score (nSPS) is 11.0. The van der Waals surface area contributed by atoms with E-state index in [0.717, 1.165) is 22.4 Å². The fraction of sp³-hybridized carbons (Fsp3) is 0.0909. The first-order valence-electron chi connectivity index (χ1n) is 7.69. The molecule has 0 aliphatic heterocycles. The number of benzene rings is 2. The van der Waals surface area contributed by atoms with Gasteiger partial charge in [-0.15, -0.1) is 0 Å². The molecule has 2 rings (SSSR count). The Morgan fingerprint density at radius 1 is 0.826 bits per heavy atom. The molecule has 0 amide bonds. The maximum atomic E-state index is 4.12. The summed E-state index contributed by atoms with van der Waals surface area (Å²) < 4.78 is 0. The second kappa shape index (κ2) is 8.00. The summed E-state index contributed by atoms with van der Waals surface area (Å²) in [7, 11) is 2.07. The fourth-order valence-corrected chi connectivity index (χ4v) is 2.27. The standard InChI is InChI=1S/C22H23N/c1-5-9-18(2)12-13-19(3)20-14-16-22(17-15-20)23(4)21-10-7-6-8-11-21/h5-17H,2-3H2,1,4H3/b9-5-,13-12+. The Balaban J connectivity index is 2.10. The zero-order chi connectivity index (χ0) is 16.7. The second-order valence-corrected chi connectivity index (χ2v) is 5.37. The summed E-state index contributed by atoms with van der Waals surface area (Å²) in [4.78, 5) is 2.16. The molecule has 2 aromatic rings. The fourth-order valence-electron chi connectivity index (χ4n) is 2.27. The van der Waals surface area contributed by atoms with E-state index < -0.39 is 0 Å². The molecule has 0 radical (unpaired) electrons. The Morgan fingerprint density at radius 2 is 1.43 bits per heavy atom. The Morgan fingerprint density at radius 3 is 2.04 bits per heavy atom. The van der Waals surface area contributed by atoms with Crippen LogP contribution in [0, 0.1) is 0 Å². The molecule has 0 saturated heterocycles. The molecule has 2 aromatic carbocycles. The first kappa shape index (κ1) is 16.6. The summed E-state index contributed by atoms with van der Waals surface area (Å²) in [6, 6.07) is 18.7. The number of para-hydroxylation sites is 1. The maximum absolute atomic E-state index is 4.12. The average Bonchev–Trinajstić information content (AvgIpc) is 2.60. The van der Waals surface area contributed by atoms with Crippen LogP contribution in [-0.2, 0) is 0 Å². The zero-order valence-corrected chi connectivity index (χ0v) is 13.9. The first-order chi connectivity index (χ1) is 11.1. The highest BCUT2D eigenvalue weighted by Gasteiger charge is 2.03. The van der Waals surface area contributed by atoms with Crippen molar-refractivity contribution >= 4 is 16.9 Å². The third-order valence-corrected chi connectivity index (χ3v) is 3.65. The molecule has 0 bridgehead atoms. The van der Waals surface area contributed by atoms with Gasteiger partial charge in [-0.05, 0) is 47.9 Å². The van der Waals surface area contributed by atoms with Crippen molar-refractivity contribution < 1.29 is 0 Å². The summed E-state index contributed by atoms with van der Waals surface area (Å²) in [6.07, 6.45) is 7.93. The molecule has 1 heteroatoms. The van der Waals surface area contributed by atoms with Gasteiger partial charge in [-0.3, -0.25) is 0 Å². The molecule has 0 fully saturated rings. The van der Waals surface area contributed by atoms with Crippen molar-refractivity contribution in [3.8, 4) is 0 Å². The molecule has 0 heterocycles. The Kier molecular flexibility index (Phi) is 5.76. The van der Waals surface area contributed by atoms with E-state index in [-0.39, 0.29) is 0 Å². The molecule has 1 nitrogen and oxygen atoms in total. The van der Waals surface area contributed by atoms with Crippen molar-refractivity contribution in [1.29, 1.82) is 0 Å². The molecule has 0 unspecified atom stereocenters. The molecule has 0 aromatic heterocycles. The number of nitrogens with zero attached hydrogens (tertiary/aromatic N) is 1. The van der Waals surface area contributed by atoms with Crippen LogP contribution < -0.4 is 4.90 Å². The third-order valence-electron chi connectivity index (χ3n) is 3.65. The van der Waals surface area contributed by atoms with Gasteiger partial charge in [-0.2, -0.15) is 0 Å². The number of rotatable bonds is 6. The van der Waals surface area contributed by atoms with Crippen molar-refractivity contribution in [2.45, 2.75) is 6.92 Å². The topological polar surface area (TPSA) is 3.24 Å². The lowest BCUT2D eigenvalue weighted by Gasteiger charge is -2.19. The molecule has 23 heavy (non-hydrogen) atoms. The quantitative estimate of drug-likeness (QED) is 0.578. The van der Waals surface area contributed by atoms with Crippen LogP contribution in [0.4, 0.5) is 11.4 Å². The van der Waals surface area contributed by atoms with E-state index in [1.165, 1.54) is 5.69 Å². The highest BCUT2D eigenvalue weighted by molar-refractivity contribution is 5.74. The molecule has 116 valence electrons. The summed E-state index contributed by atoms with van der Waals surface area (Å²) in [5.74, 6) is 0. The van der Waals surface area contributed by atoms with Crippen LogP contribution in [0.25, 0.3) is 5.57 Å². The lowest BCUT2D eigenvalue weighted by atomic mass is 10.1. The monoisotopic (exact) mass is 301 g/mol. The number of anilines is 2. The van der Waals surface area contributed by atoms with Crippen LogP contribution in [-0.4, -0.2) is 7.05 Å². The van der Waals surface area contributed by atoms with Crippen LogP contribution in [0.3, 0.4) is 0 Å². The SMILES string of the molecule is C=C(/C=C\C)/C=C/C(=C)c1ccc(N(C)c2ccccc2)cc1. The zero-order valence-electron chi connectivity index (χ0n) is 13.9. The highest BCUT2D eigenvalue weighted by Crippen LogP contribution is 2.25. The smallest absolute Gasteiger partial charge is 0.0408 e. The van der Waals surface area contributed by atoms with Crippen LogP contribution >= 0.6 is 0 Å². The van der Waals surface area contributed by atoms with Gasteiger partial charge in [-0.1, -0.05) is 67.8 Å². The molecule has 0 N–H and O–H groups in total. The van der Waals surface area contributed by atoms with Crippen molar-refractivity contribution in [2.24, 2.45) is 0 Å². The van der Waals surface area contributed by atoms with E-state index >= 15 is 0 Å². The highest BCUT2D eigenvalue weighted by atomic mass is 15.1.